The molecule has 3 rings (SSSR count). The Balaban J connectivity index is 0.000000412. The second kappa shape index (κ2) is 9.47. The van der Waals surface area contributed by atoms with Crippen LogP contribution >= 0.6 is 11.6 Å². The lowest BCUT2D eigenvalue weighted by Gasteiger charge is -2.11. The molecule has 8 nitrogen and oxygen atoms in total. The van der Waals surface area contributed by atoms with Crippen molar-refractivity contribution in [3.05, 3.63) is 80.1 Å². The van der Waals surface area contributed by atoms with Crippen LogP contribution in [0.15, 0.2) is 42.5 Å². The van der Waals surface area contributed by atoms with E-state index < -0.39 is 33.9 Å². The largest absolute Gasteiger partial charge is 0.579 e. The Kier molecular flexibility index (Phi) is 7.24. The average Bonchev–Trinajstić information content (AvgIpc) is 3.05. The summed E-state index contributed by atoms with van der Waals surface area (Å²) in [7, 11) is 0. The summed E-state index contributed by atoms with van der Waals surface area (Å²) in [6.07, 6.45) is -4.58. The van der Waals surface area contributed by atoms with Crippen LogP contribution in [0.25, 0.3) is 0 Å². The first-order valence-corrected chi connectivity index (χ1v) is 8.76. The van der Waals surface area contributed by atoms with E-state index in [1.54, 1.807) is 0 Å². The minimum atomic E-state index is -4.58. The molecule has 0 aliphatic carbocycles. The second-order valence-electron chi connectivity index (χ2n) is 6.11. The van der Waals surface area contributed by atoms with Crippen molar-refractivity contribution < 1.29 is 32.7 Å². The van der Waals surface area contributed by atoms with Gasteiger partial charge >= 0.3 is 12.1 Å². The molecule has 12 heteroatoms. The Labute approximate surface area is 178 Å². The fourth-order valence-electron chi connectivity index (χ4n) is 2.31. The summed E-state index contributed by atoms with van der Waals surface area (Å²) in [5.41, 5.74) is -0.251. The number of aryl methyl sites for hydroxylation is 2. The van der Waals surface area contributed by atoms with E-state index in [-0.39, 0.29) is 16.5 Å². The van der Waals surface area contributed by atoms with Gasteiger partial charge in [-0.05, 0) is 31.2 Å². The Morgan fingerprint density at radius 1 is 1.19 bits per heavy atom. The number of benzene rings is 2. The SMILES string of the molecule is Cc1cc(C)[n-]n1.O=C(O)c1cc(Oc2ccc(C(F)(F)F)cc2Cl)ccc1[N+](=O)[O-]. The predicted octanol–water partition coefficient (Wildman–Crippen LogP) is 5.41. The minimum Gasteiger partial charge on any atom is -0.579 e. The molecule has 0 unspecified atom stereocenters. The number of hydrogen-bond acceptors (Lipinski definition) is 5. The monoisotopic (exact) mass is 456 g/mol. The van der Waals surface area contributed by atoms with Crippen LogP contribution in [0.5, 0.6) is 11.5 Å². The standard InChI is InChI=1S/C14H7ClF3NO5.C5H7N2/c15-10-5-7(14(16,17)18)1-4-12(10)24-8-2-3-11(19(22)23)9(6-8)13(20)21;1-4-3-5(2)7-6-4/h1-6H,(H,20,21);3H,1-2H3/q;-1. The van der Waals surface area contributed by atoms with Crippen LogP contribution in [0.4, 0.5) is 18.9 Å². The highest BCUT2D eigenvalue weighted by Gasteiger charge is 2.31. The van der Waals surface area contributed by atoms with Crippen molar-refractivity contribution in [1.29, 1.82) is 0 Å². The number of carboxylic acids is 1. The third-order valence-electron chi connectivity index (χ3n) is 3.67. The molecule has 1 heterocycles. The van der Waals surface area contributed by atoms with E-state index in [0.717, 1.165) is 41.7 Å². The highest BCUT2D eigenvalue weighted by molar-refractivity contribution is 6.32. The van der Waals surface area contributed by atoms with Gasteiger partial charge in [-0.2, -0.15) is 13.2 Å². The molecule has 3 aromatic rings. The van der Waals surface area contributed by atoms with Crippen molar-refractivity contribution in [2.75, 3.05) is 0 Å². The lowest BCUT2D eigenvalue weighted by Crippen LogP contribution is -2.05. The fourth-order valence-corrected chi connectivity index (χ4v) is 2.53. The first kappa shape index (κ1) is 23.7. The number of rotatable bonds is 4. The molecule has 0 bridgehead atoms. The molecule has 2 aromatic carbocycles. The number of halogens is 4. The maximum Gasteiger partial charge on any atom is 0.416 e. The lowest BCUT2D eigenvalue weighted by atomic mass is 10.1. The highest BCUT2D eigenvalue weighted by Crippen LogP contribution is 2.37. The van der Waals surface area contributed by atoms with Gasteiger partial charge in [0.1, 0.15) is 17.1 Å². The van der Waals surface area contributed by atoms with Crippen molar-refractivity contribution in [1.82, 2.24) is 10.2 Å². The topological polar surface area (TPSA) is 117 Å². The molecule has 0 aliphatic rings. The van der Waals surface area contributed by atoms with E-state index in [0.29, 0.717) is 6.07 Å². The van der Waals surface area contributed by atoms with E-state index in [1.165, 1.54) is 0 Å². The molecule has 0 fully saturated rings. The second-order valence-corrected chi connectivity index (χ2v) is 6.52. The molecule has 0 spiro atoms. The number of nitro benzene ring substituents is 1. The summed E-state index contributed by atoms with van der Waals surface area (Å²) < 4.78 is 42.9. The number of hydrogen-bond donors (Lipinski definition) is 1. The van der Waals surface area contributed by atoms with E-state index in [1.807, 2.05) is 19.9 Å². The van der Waals surface area contributed by atoms with Crippen molar-refractivity contribution in [3.8, 4) is 11.5 Å². The zero-order valence-electron chi connectivity index (χ0n) is 16.0. The van der Waals surface area contributed by atoms with Crippen molar-refractivity contribution in [3.63, 3.8) is 0 Å². The maximum atomic E-state index is 12.6. The molecule has 0 aliphatic heterocycles. The van der Waals surface area contributed by atoms with Crippen LogP contribution < -0.4 is 9.84 Å². The first-order valence-electron chi connectivity index (χ1n) is 8.38. The van der Waals surface area contributed by atoms with E-state index >= 15 is 0 Å². The third kappa shape index (κ3) is 6.44. The summed E-state index contributed by atoms with van der Waals surface area (Å²) in [4.78, 5) is 20.9. The maximum absolute atomic E-state index is 12.6. The van der Waals surface area contributed by atoms with E-state index in [9.17, 15) is 28.1 Å². The number of aromatic carboxylic acids is 1. The number of nitrogens with zero attached hydrogens (tertiary/aromatic N) is 3. The molecule has 1 N–H and O–H groups in total. The van der Waals surface area contributed by atoms with Gasteiger partial charge in [0.25, 0.3) is 5.69 Å². The fraction of sp³-hybridized carbons (Fsp3) is 0.158. The zero-order chi connectivity index (χ0) is 23.3. The van der Waals surface area contributed by atoms with Gasteiger partial charge in [-0.3, -0.25) is 10.1 Å². The molecule has 164 valence electrons. The normalized spacial score (nSPS) is 10.8. The Morgan fingerprint density at radius 2 is 1.87 bits per heavy atom. The van der Waals surface area contributed by atoms with Crippen LogP contribution in [0, 0.1) is 24.0 Å². The Bertz CT molecular complexity index is 1100. The van der Waals surface area contributed by atoms with Crippen molar-refractivity contribution in [2.45, 2.75) is 20.0 Å². The molecule has 1 aromatic heterocycles. The van der Waals surface area contributed by atoms with Gasteiger partial charge < -0.3 is 20.0 Å². The number of alkyl halides is 3. The summed E-state index contributed by atoms with van der Waals surface area (Å²) in [6.45, 7) is 3.86. The van der Waals surface area contributed by atoms with Crippen LogP contribution in [-0.4, -0.2) is 21.1 Å². The number of carbonyl (C=O) groups is 1. The summed E-state index contributed by atoms with van der Waals surface area (Å²) in [5, 5.41) is 26.9. The number of ether oxygens (including phenoxy) is 1. The molecular weight excluding hydrogens is 443 g/mol. The molecule has 0 saturated carbocycles. The van der Waals surface area contributed by atoms with Gasteiger partial charge in [-0.25, -0.2) is 4.79 Å². The number of aromatic nitrogens is 2. The van der Waals surface area contributed by atoms with Gasteiger partial charge in [-0.1, -0.05) is 24.6 Å². The van der Waals surface area contributed by atoms with Gasteiger partial charge in [0, 0.05) is 17.8 Å². The minimum absolute atomic E-state index is 0.125. The van der Waals surface area contributed by atoms with Crippen LogP contribution in [0.1, 0.15) is 27.3 Å². The molecule has 0 amide bonds. The molecule has 31 heavy (non-hydrogen) atoms. The lowest BCUT2D eigenvalue weighted by molar-refractivity contribution is -0.385. The average molecular weight is 457 g/mol. The smallest absolute Gasteiger partial charge is 0.416 e. The number of carboxylic acid groups (broad SMARTS) is 1. The highest BCUT2D eigenvalue weighted by atomic mass is 35.5. The van der Waals surface area contributed by atoms with Gasteiger partial charge in [0.05, 0.1) is 15.5 Å². The van der Waals surface area contributed by atoms with Gasteiger partial charge in [0.15, 0.2) is 0 Å². The van der Waals surface area contributed by atoms with Crippen molar-refractivity contribution >= 4 is 23.3 Å². The molecule has 0 atom stereocenters. The Morgan fingerprint density at radius 3 is 2.29 bits per heavy atom. The first-order chi connectivity index (χ1) is 14.4. The number of nitro groups is 1. The van der Waals surface area contributed by atoms with Crippen LogP contribution in [-0.2, 0) is 6.18 Å². The van der Waals surface area contributed by atoms with Crippen LogP contribution in [0.2, 0.25) is 5.02 Å². The molecule has 0 radical (unpaired) electrons. The third-order valence-corrected chi connectivity index (χ3v) is 3.96. The molecule has 0 saturated heterocycles. The van der Waals surface area contributed by atoms with E-state index in [4.69, 9.17) is 21.4 Å². The van der Waals surface area contributed by atoms with Crippen molar-refractivity contribution in [2.24, 2.45) is 0 Å². The zero-order valence-corrected chi connectivity index (χ0v) is 16.7. The van der Waals surface area contributed by atoms with Gasteiger partial charge in [-0.15, -0.1) is 5.69 Å². The van der Waals surface area contributed by atoms with E-state index in [2.05, 4.69) is 10.2 Å². The quantitative estimate of drug-likeness (QED) is 0.412. The summed E-state index contributed by atoms with van der Waals surface area (Å²) in [5.74, 6) is -1.83. The Hall–Kier alpha value is -3.60. The van der Waals surface area contributed by atoms with Crippen LogP contribution in [0.3, 0.4) is 0 Å². The molecular formula is C19H14ClF3N3O5-. The predicted molar refractivity (Wildman–Crippen MR) is 104 cm³/mol. The summed E-state index contributed by atoms with van der Waals surface area (Å²) in [6, 6.07) is 7.21. The van der Waals surface area contributed by atoms with Gasteiger partial charge in [0.2, 0.25) is 0 Å². The summed E-state index contributed by atoms with van der Waals surface area (Å²) >= 11 is 5.72.